The van der Waals surface area contributed by atoms with Gasteiger partial charge in [0.15, 0.2) is 24.0 Å². The lowest BCUT2D eigenvalue weighted by atomic mass is 10.2. The molecule has 0 unspecified atom stereocenters. The molecule has 6 heteroatoms. The minimum Gasteiger partial charge on any atom is -0.478 e. The zero-order valence-electron chi connectivity index (χ0n) is 10.4. The number of benzene rings is 1. The molecule has 0 aliphatic heterocycles. The van der Waals surface area contributed by atoms with Crippen LogP contribution in [0.5, 0.6) is 5.75 Å². The van der Waals surface area contributed by atoms with E-state index in [1.165, 1.54) is 4.90 Å². The number of nitrogens with zero attached hydrogens (tertiary/aromatic N) is 1. The highest BCUT2D eigenvalue weighted by molar-refractivity contribution is 5.78. The molecule has 1 aliphatic carbocycles. The number of likely N-dealkylation sites (N-methyl/N-ethyl adjacent to an activating group) is 1. The van der Waals surface area contributed by atoms with E-state index in [4.69, 9.17) is 4.74 Å². The summed E-state index contributed by atoms with van der Waals surface area (Å²) < 4.78 is 31.8. The smallest absolute Gasteiger partial charge is 0.260 e. The van der Waals surface area contributed by atoms with Crippen molar-refractivity contribution in [3.05, 3.63) is 29.3 Å². The molecule has 1 aromatic carbocycles. The Morgan fingerprint density at radius 2 is 2.00 bits per heavy atom. The second kappa shape index (κ2) is 5.34. The first-order valence-electron chi connectivity index (χ1n) is 5.85. The Kier molecular flexibility index (Phi) is 3.78. The van der Waals surface area contributed by atoms with E-state index in [1.54, 1.807) is 7.05 Å². The van der Waals surface area contributed by atoms with Crippen molar-refractivity contribution in [2.75, 3.05) is 13.7 Å². The van der Waals surface area contributed by atoms with Crippen LogP contribution in [0.4, 0.5) is 8.78 Å². The van der Waals surface area contributed by atoms with Crippen LogP contribution in [0.25, 0.3) is 0 Å². The van der Waals surface area contributed by atoms with Gasteiger partial charge in [-0.2, -0.15) is 0 Å². The van der Waals surface area contributed by atoms with Crippen LogP contribution >= 0.6 is 0 Å². The minimum atomic E-state index is -0.996. The van der Waals surface area contributed by atoms with E-state index in [9.17, 15) is 18.4 Å². The molecule has 0 spiro atoms. The number of ether oxygens (including phenoxy) is 1. The number of carbonyl (C=O) groups is 2. The Hall–Kier alpha value is -1.98. The zero-order valence-corrected chi connectivity index (χ0v) is 10.4. The van der Waals surface area contributed by atoms with Gasteiger partial charge in [-0.25, -0.2) is 8.78 Å². The summed E-state index contributed by atoms with van der Waals surface area (Å²) in [7, 11) is 1.63. The first-order chi connectivity index (χ1) is 9.02. The number of carbonyl (C=O) groups excluding carboxylic acids is 2. The van der Waals surface area contributed by atoms with Crippen LogP contribution < -0.4 is 4.74 Å². The zero-order chi connectivity index (χ0) is 14.0. The molecule has 1 aliphatic rings. The Balaban J connectivity index is 2.02. The van der Waals surface area contributed by atoms with Gasteiger partial charge in [0.05, 0.1) is 0 Å². The molecule has 1 amide bonds. The van der Waals surface area contributed by atoms with Crippen molar-refractivity contribution in [1.29, 1.82) is 0 Å². The molecule has 1 fully saturated rings. The maximum atomic E-state index is 13.5. The van der Waals surface area contributed by atoms with Gasteiger partial charge in [-0.1, -0.05) is 0 Å². The molecule has 1 aromatic rings. The van der Waals surface area contributed by atoms with Crippen LogP contribution in [0.3, 0.4) is 0 Å². The third-order valence-electron chi connectivity index (χ3n) is 2.98. The molecular formula is C13H13F2NO3. The van der Waals surface area contributed by atoms with E-state index in [-0.39, 0.29) is 17.5 Å². The van der Waals surface area contributed by atoms with Crippen molar-refractivity contribution in [1.82, 2.24) is 4.90 Å². The topological polar surface area (TPSA) is 46.6 Å². The lowest BCUT2D eigenvalue weighted by Gasteiger charge is -2.16. The third kappa shape index (κ3) is 3.07. The fourth-order valence-corrected chi connectivity index (χ4v) is 1.69. The lowest BCUT2D eigenvalue weighted by molar-refractivity contribution is -0.132. The molecule has 0 atom stereocenters. The number of hydrogen-bond donors (Lipinski definition) is 0. The first kappa shape index (κ1) is 13.5. The Labute approximate surface area is 109 Å². The van der Waals surface area contributed by atoms with Gasteiger partial charge in [0.1, 0.15) is 6.29 Å². The van der Waals surface area contributed by atoms with Crippen LogP contribution in [0.15, 0.2) is 12.1 Å². The summed E-state index contributed by atoms with van der Waals surface area (Å²) in [6.07, 6.45) is 2.22. The van der Waals surface area contributed by atoms with Gasteiger partial charge in [-0.05, 0) is 25.0 Å². The molecule has 0 N–H and O–H groups in total. The highest BCUT2D eigenvalue weighted by atomic mass is 19.1. The fourth-order valence-electron chi connectivity index (χ4n) is 1.69. The van der Waals surface area contributed by atoms with E-state index in [1.807, 2.05) is 0 Å². The van der Waals surface area contributed by atoms with Crippen molar-refractivity contribution < 1.29 is 23.1 Å². The summed E-state index contributed by atoms with van der Waals surface area (Å²) in [6, 6.07) is 1.93. The van der Waals surface area contributed by atoms with Crippen molar-refractivity contribution in [2.24, 2.45) is 0 Å². The molecular weight excluding hydrogens is 256 g/mol. The van der Waals surface area contributed by atoms with Crippen molar-refractivity contribution >= 4 is 12.2 Å². The average molecular weight is 269 g/mol. The molecule has 4 nitrogen and oxygen atoms in total. The monoisotopic (exact) mass is 269 g/mol. The quantitative estimate of drug-likeness (QED) is 0.765. The second-order valence-electron chi connectivity index (χ2n) is 4.46. The average Bonchev–Trinajstić information content (AvgIpc) is 3.20. The van der Waals surface area contributed by atoms with Gasteiger partial charge in [0, 0.05) is 18.7 Å². The highest BCUT2D eigenvalue weighted by Gasteiger charge is 2.29. The van der Waals surface area contributed by atoms with Gasteiger partial charge in [0.25, 0.3) is 5.91 Å². The van der Waals surface area contributed by atoms with Gasteiger partial charge in [0.2, 0.25) is 0 Å². The highest BCUT2D eigenvalue weighted by Crippen LogP contribution is 2.26. The molecule has 102 valence electrons. The van der Waals surface area contributed by atoms with Gasteiger partial charge < -0.3 is 9.64 Å². The summed E-state index contributed by atoms with van der Waals surface area (Å²) in [5.41, 5.74) is -0.122. The SMILES string of the molecule is CN(C(=O)COc1c(F)cc(C=O)cc1F)C1CC1. The third-order valence-corrected chi connectivity index (χ3v) is 2.98. The van der Waals surface area contributed by atoms with E-state index in [0.29, 0.717) is 6.29 Å². The summed E-state index contributed by atoms with van der Waals surface area (Å²) in [5, 5.41) is 0. The van der Waals surface area contributed by atoms with Gasteiger partial charge in [-0.15, -0.1) is 0 Å². The lowest BCUT2D eigenvalue weighted by Crippen LogP contribution is -2.33. The van der Waals surface area contributed by atoms with E-state index < -0.39 is 24.0 Å². The molecule has 0 heterocycles. The molecule has 0 saturated heterocycles. The van der Waals surface area contributed by atoms with Gasteiger partial charge >= 0.3 is 0 Å². The summed E-state index contributed by atoms with van der Waals surface area (Å²) in [6.45, 7) is -0.429. The summed E-state index contributed by atoms with van der Waals surface area (Å²) >= 11 is 0. The molecule has 19 heavy (non-hydrogen) atoms. The predicted octanol–water partition coefficient (Wildman–Crippen LogP) is 1.78. The van der Waals surface area contributed by atoms with Crippen LogP contribution in [0.1, 0.15) is 23.2 Å². The maximum absolute atomic E-state index is 13.5. The predicted molar refractivity (Wildman–Crippen MR) is 63.0 cm³/mol. The number of halogens is 2. The second-order valence-corrected chi connectivity index (χ2v) is 4.46. The first-order valence-corrected chi connectivity index (χ1v) is 5.85. The minimum absolute atomic E-state index is 0.122. The fraction of sp³-hybridized carbons (Fsp3) is 0.385. The van der Waals surface area contributed by atoms with Crippen LogP contribution in [-0.4, -0.2) is 36.8 Å². The van der Waals surface area contributed by atoms with Crippen LogP contribution in [-0.2, 0) is 4.79 Å². The molecule has 2 rings (SSSR count). The Morgan fingerprint density at radius 1 is 1.42 bits per heavy atom. The van der Waals surface area contributed by atoms with E-state index in [0.717, 1.165) is 25.0 Å². The normalized spacial score (nSPS) is 14.1. The van der Waals surface area contributed by atoms with Crippen LogP contribution in [0, 0.1) is 11.6 Å². The van der Waals surface area contributed by atoms with Crippen LogP contribution in [0.2, 0.25) is 0 Å². The Bertz CT molecular complexity index is 492. The summed E-state index contributed by atoms with van der Waals surface area (Å²) in [4.78, 5) is 23.6. The molecule has 0 radical (unpaired) electrons. The number of hydrogen-bond acceptors (Lipinski definition) is 3. The number of amides is 1. The van der Waals surface area contributed by atoms with Crippen molar-refractivity contribution in [3.8, 4) is 5.75 Å². The summed E-state index contributed by atoms with van der Waals surface area (Å²) in [5.74, 6) is -2.96. The standard InChI is InChI=1S/C13H13F2NO3/c1-16(9-2-3-9)12(18)7-19-13-10(14)4-8(6-17)5-11(13)15/h4-6,9H,2-3,7H2,1H3. The molecule has 0 bridgehead atoms. The van der Waals surface area contributed by atoms with E-state index >= 15 is 0 Å². The molecule has 1 saturated carbocycles. The number of rotatable bonds is 5. The van der Waals surface area contributed by atoms with Gasteiger partial charge in [-0.3, -0.25) is 9.59 Å². The van der Waals surface area contributed by atoms with E-state index in [2.05, 4.69) is 0 Å². The number of aldehydes is 1. The molecule has 0 aromatic heterocycles. The Morgan fingerprint density at radius 3 is 2.47 bits per heavy atom. The maximum Gasteiger partial charge on any atom is 0.260 e. The van der Waals surface area contributed by atoms with Crippen molar-refractivity contribution in [3.63, 3.8) is 0 Å². The van der Waals surface area contributed by atoms with Crippen molar-refractivity contribution in [2.45, 2.75) is 18.9 Å². The largest absolute Gasteiger partial charge is 0.478 e.